The van der Waals surface area contributed by atoms with Crippen LogP contribution in [0.25, 0.3) is 0 Å². The monoisotopic (exact) mass is 208 g/mol. The fraction of sp³-hybridized carbons (Fsp3) is 0.857. The minimum absolute atomic E-state index is 0.130. The standard InChI is InChI=1S/C7H16N2OS2/c1-11-12-6-3-7(10)9-5-2-4-8/h2-6,8H2,1H3,(H,9,10). The van der Waals surface area contributed by atoms with Crippen molar-refractivity contribution in [3.05, 3.63) is 0 Å². The highest BCUT2D eigenvalue weighted by atomic mass is 33.1. The van der Waals surface area contributed by atoms with E-state index in [1.54, 1.807) is 21.6 Å². The van der Waals surface area contributed by atoms with Crippen LogP contribution < -0.4 is 11.1 Å². The quantitative estimate of drug-likeness (QED) is 0.481. The van der Waals surface area contributed by atoms with Crippen LogP contribution in [0.5, 0.6) is 0 Å². The van der Waals surface area contributed by atoms with Gasteiger partial charge in [-0.2, -0.15) is 0 Å². The van der Waals surface area contributed by atoms with Crippen molar-refractivity contribution in [1.29, 1.82) is 0 Å². The molecule has 0 aliphatic carbocycles. The number of amides is 1. The van der Waals surface area contributed by atoms with Gasteiger partial charge in [0.2, 0.25) is 5.91 Å². The van der Waals surface area contributed by atoms with Crippen LogP contribution in [0.1, 0.15) is 12.8 Å². The molecule has 3 nitrogen and oxygen atoms in total. The Kier molecular flexibility index (Phi) is 9.32. The highest BCUT2D eigenvalue weighted by Gasteiger charge is 1.98. The highest BCUT2D eigenvalue weighted by molar-refractivity contribution is 8.76. The predicted molar refractivity (Wildman–Crippen MR) is 57.3 cm³/mol. The molecule has 0 saturated carbocycles. The Morgan fingerprint density at radius 3 is 2.92 bits per heavy atom. The molecule has 0 aliphatic rings. The number of rotatable bonds is 7. The van der Waals surface area contributed by atoms with Crippen LogP contribution in [0.2, 0.25) is 0 Å². The van der Waals surface area contributed by atoms with E-state index in [0.29, 0.717) is 19.5 Å². The smallest absolute Gasteiger partial charge is 0.220 e. The molecule has 72 valence electrons. The van der Waals surface area contributed by atoms with Gasteiger partial charge in [-0.25, -0.2) is 0 Å². The lowest BCUT2D eigenvalue weighted by atomic mass is 10.4. The molecule has 0 unspecified atom stereocenters. The maximum absolute atomic E-state index is 11.0. The van der Waals surface area contributed by atoms with Crippen LogP contribution in [0.15, 0.2) is 0 Å². The Hall–Kier alpha value is 0.130. The molecule has 0 fully saturated rings. The van der Waals surface area contributed by atoms with Crippen molar-refractivity contribution in [1.82, 2.24) is 5.32 Å². The van der Waals surface area contributed by atoms with Gasteiger partial charge in [0.05, 0.1) is 0 Å². The number of carbonyl (C=O) groups excluding carboxylic acids is 1. The summed E-state index contributed by atoms with van der Waals surface area (Å²) >= 11 is 0. The predicted octanol–water partition coefficient (Wildman–Crippen LogP) is 0.853. The van der Waals surface area contributed by atoms with Crippen molar-refractivity contribution in [2.24, 2.45) is 5.73 Å². The van der Waals surface area contributed by atoms with Gasteiger partial charge in [-0.3, -0.25) is 4.79 Å². The molecule has 0 aromatic heterocycles. The minimum atomic E-state index is 0.130. The summed E-state index contributed by atoms with van der Waals surface area (Å²) in [6.45, 7) is 1.35. The fourth-order valence-corrected chi connectivity index (χ4v) is 1.82. The molecule has 0 aliphatic heterocycles. The molecule has 5 heteroatoms. The number of hydrogen-bond acceptors (Lipinski definition) is 4. The van der Waals surface area contributed by atoms with Crippen molar-refractivity contribution in [3.8, 4) is 0 Å². The van der Waals surface area contributed by atoms with Crippen LogP contribution in [-0.2, 0) is 4.79 Å². The molecule has 3 N–H and O–H groups in total. The normalized spacial score (nSPS) is 9.83. The average molecular weight is 208 g/mol. The van der Waals surface area contributed by atoms with E-state index in [1.807, 2.05) is 6.26 Å². The van der Waals surface area contributed by atoms with Crippen LogP contribution >= 0.6 is 21.6 Å². The summed E-state index contributed by atoms with van der Waals surface area (Å²) in [5.74, 6) is 1.01. The molecule has 0 rings (SSSR count). The minimum Gasteiger partial charge on any atom is -0.356 e. The highest BCUT2D eigenvalue weighted by Crippen LogP contribution is 2.16. The third-order valence-corrected chi connectivity index (χ3v) is 3.05. The Morgan fingerprint density at radius 1 is 1.58 bits per heavy atom. The van der Waals surface area contributed by atoms with E-state index in [0.717, 1.165) is 12.2 Å². The van der Waals surface area contributed by atoms with E-state index in [4.69, 9.17) is 5.73 Å². The average Bonchev–Trinajstić information content (AvgIpc) is 2.06. The zero-order valence-electron chi connectivity index (χ0n) is 7.34. The van der Waals surface area contributed by atoms with E-state index < -0.39 is 0 Å². The van der Waals surface area contributed by atoms with Crippen molar-refractivity contribution in [3.63, 3.8) is 0 Å². The van der Waals surface area contributed by atoms with Crippen LogP contribution in [0.4, 0.5) is 0 Å². The number of hydrogen-bond donors (Lipinski definition) is 2. The van der Waals surface area contributed by atoms with Crippen LogP contribution in [0.3, 0.4) is 0 Å². The van der Waals surface area contributed by atoms with Gasteiger partial charge in [-0.1, -0.05) is 21.6 Å². The summed E-state index contributed by atoms with van der Waals surface area (Å²) in [5.41, 5.74) is 5.28. The lowest BCUT2D eigenvalue weighted by Gasteiger charge is -2.02. The molecule has 0 atom stereocenters. The summed E-state index contributed by atoms with van der Waals surface area (Å²) in [6.07, 6.45) is 3.48. The van der Waals surface area contributed by atoms with Crippen molar-refractivity contribution in [2.75, 3.05) is 25.1 Å². The lowest BCUT2D eigenvalue weighted by Crippen LogP contribution is -2.26. The Bertz CT molecular complexity index is 110. The fourth-order valence-electron chi connectivity index (χ4n) is 0.636. The van der Waals surface area contributed by atoms with E-state index in [9.17, 15) is 4.79 Å². The molecule has 0 heterocycles. The maximum atomic E-state index is 11.0. The zero-order valence-corrected chi connectivity index (χ0v) is 8.97. The molecule has 0 spiro atoms. The van der Waals surface area contributed by atoms with Gasteiger partial charge < -0.3 is 11.1 Å². The number of carbonyl (C=O) groups is 1. The molecule has 12 heavy (non-hydrogen) atoms. The molecule has 0 aromatic carbocycles. The van der Waals surface area contributed by atoms with Gasteiger partial charge in [0.1, 0.15) is 0 Å². The van der Waals surface area contributed by atoms with E-state index in [1.165, 1.54) is 0 Å². The first-order chi connectivity index (χ1) is 5.81. The number of nitrogens with two attached hydrogens (primary N) is 1. The third kappa shape index (κ3) is 8.23. The van der Waals surface area contributed by atoms with Crippen molar-refractivity contribution < 1.29 is 4.79 Å². The summed E-state index contributed by atoms with van der Waals surface area (Å²) in [4.78, 5) is 11.0. The zero-order chi connectivity index (χ0) is 9.23. The summed E-state index contributed by atoms with van der Waals surface area (Å²) in [7, 11) is 3.40. The Morgan fingerprint density at radius 2 is 2.33 bits per heavy atom. The molecule has 0 radical (unpaired) electrons. The molecule has 0 aromatic rings. The summed E-state index contributed by atoms with van der Waals surface area (Å²) in [5, 5.41) is 2.80. The molecular formula is C7H16N2OS2. The van der Waals surface area contributed by atoms with Gasteiger partial charge in [0, 0.05) is 18.7 Å². The van der Waals surface area contributed by atoms with Gasteiger partial charge in [-0.15, -0.1) is 0 Å². The van der Waals surface area contributed by atoms with Crippen LogP contribution in [-0.4, -0.2) is 31.0 Å². The second kappa shape index (κ2) is 9.22. The second-order valence-corrected chi connectivity index (χ2v) is 4.92. The molecular weight excluding hydrogens is 192 g/mol. The van der Waals surface area contributed by atoms with Gasteiger partial charge >= 0.3 is 0 Å². The molecule has 1 amide bonds. The van der Waals surface area contributed by atoms with Gasteiger partial charge in [0.25, 0.3) is 0 Å². The SMILES string of the molecule is CSSCCC(=O)NCCCN. The van der Waals surface area contributed by atoms with Gasteiger partial charge in [-0.05, 0) is 19.2 Å². The van der Waals surface area contributed by atoms with E-state index >= 15 is 0 Å². The van der Waals surface area contributed by atoms with E-state index in [-0.39, 0.29) is 5.91 Å². The maximum Gasteiger partial charge on any atom is 0.220 e. The van der Waals surface area contributed by atoms with Crippen molar-refractivity contribution in [2.45, 2.75) is 12.8 Å². The van der Waals surface area contributed by atoms with Crippen molar-refractivity contribution >= 4 is 27.5 Å². The summed E-state index contributed by atoms with van der Waals surface area (Å²) < 4.78 is 0. The summed E-state index contributed by atoms with van der Waals surface area (Å²) in [6, 6.07) is 0. The second-order valence-electron chi connectivity index (χ2n) is 2.23. The topological polar surface area (TPSA) is 55.1 Å². The number of nitrogens with one attached hydrogen (secondary N) is 1. The lowest BCUT2D eigenvalue weighted by molar-refractivity contribution is -0.120. The van der Waals surface area contributed by atoms with Gasteiger partial charge in [0.15, 0.2) is 0 Å². The third-order valence-electron chi connectivity index (χ3n) is 1.23. The Labute approximate surface area is 81.6 Å². The first-order valence-corrected chi connectivity index (χ1v) is 6.66. The van der Waals surface area contributed by atoms with Crippen LogP contribution in [0, 0.1) is 0 Å². The molecule has 0 saturated heterocycles. The first kappa shape index (κ1) is 12.1. The largest absolute Gasteiger partial charge is 0.356 e. The molecule has 0 bridgehead atoms. The first-order valence-electron chi connectivity index (χ1n) is 3.93. The Balaban J connectivity index is 3.10. The van der Waals surface area contributed by atoms with E-state index in [2.05, 4.69) is 5.32 Å².